The van der Waals surface area contributed by atoms with Crippen molar-refractivity contribution in [3.05, 3.63) is 76.6 Å². The largest absolute Gasteiger partial charge is 0.207 e. The predicted octanol–water partition coefficient (Wildman–Crippen LogP) is 8.60. The van der Waals surface area contributed by atoms with Gasteiger partial charge in [0.05, 0.1) is 0 Å². The van der Waals surface area contributed by atoms with Crippen LogP contribution in [-0.2, 0) is 12.8 Å². The number of unbranched alkanes of at least 4 members (excludes halogenated alkanes) is 2. The summed E-state index contributed by atoms with van der Waals surface area (Å²) in [4.78, 5) is 0. The van der Waals surface area contributed by atoms with Gasteiger partial charge in [-0.15, -0.1) is 0 Å². The Balaban J connectivity index is 1.38. The Hall–Kier alpha value is -1.89. The van der Waals surface area contributed by atoms with Crippen molar-refractivity contribution in [2.45, 2.75) is 89.4 Å². The summed E-state index contributed by atoms with van der Waals surface area (Å²) in [6.45, 7) is 6.15. The lowest BCUT2D eigenvalue weighted by Crippen LogP contribution is -2.16. The van der Waals surface area contributed by atoms with Gasteiger partial charge in [0, 0.05) is 0 Å². The summed E-state index contributed by atoms with van der Waals surface area (Å²) in [5.74, 6) is 1.78. The molecule has 2 aliphatic rings. The molecular weight excluding hydrogens is 367 g/mol. The van der Waals surface area contributed by atoms with Crippen LogP contribution in [0.5, 0.6) is 0 Å². The Morgan fingerprint density at radius 3 is 2.50 bits per heavy atom. The van der Waals surface area contributed by atoms with Crippen molar-refractivity contribution in [1.29, 1.82) is 0 Å². The molecule has 0 heterocycles. The quantitative estimate of drug-likeness (QED) is 0.405. The van der Waals surface area contributed by atoms with Crippen LogP contribution in [0.1, 0.15) is 104 Å². The highest BCUT2D eigenvalue weighted by Gasteiger charge is 2.25. The van der Waals surface area contributed by atoms with Gasteiger partial charge in [0.2, 0.25) is 0 Å². The van der Waals surface area contributed by atoms with E-state index in [1.54, 1.807) is 0 Å². The summed E-state index contributed by atoms with van der Waals surface area (Å²) in [6.07, 6.45) is 15.5. The minimum atomic E-state index is 0.0220. The molecule has 0 N–H and O–H groups in total. The third kappa shape index (κ3) is 4.88. The molecule has 0 amide bonds. The van der Waals surface area contributed by atoms with Crippen LogP contribution >= 0.6 is 0 Å². The summed E-state index contributed by atoms with van der Waals surface area (Å²) in [5, 5.41) is 0. The van der Waals surface area contributed by atoms with Crippen LogP contribution in [0.25, 0.3) is 6.08 Å². The average molecular weight is 405 g/mol. The molecule has 1 fully saturated rings. The van der Waals surface area contributed by atoms with Crippen LogP contribution in [0.4, 0.5) is 4.39 Å². The highest BCUT2D eigenvalue weighted by molar-refractivity contribution is 5.51. The highest BCUT2D eigenvalue weighted by Crippen LogP contribution is 2.40. The van der Waals surface area contributed by atoms with E-state index in [-0.39, 0.29) is 5.82 Å². The SMILES string of the molecule is C=Cc1ccc2c(c1)CCC(c1ccc(C3CCC(CCCCC)CC3)cc1F)C2. The molecule has 0 aliphatic heterocycles. The molecule has 1 heteroatoms. The first-order valence-corrected chi connectivity index (χ1v) is 12.2. The first-order chi connectivity index (χ1) is 14.7. The molecule has 1 unspecified atom stereocenters. The molecule has 2 aliphatic carbocycles. The second-order valence-corrected chi connectivity index (χ2v) is 9.67. The lowest BCUT2D eigenvalue weighted by molar-refractivity contribution is 0.302. The first-order valence-electron chi connectivity index (χ1n) is 12.2. The maximum Gasteiger partial charge on any atom is 0.126 e. The molecule has 0 saturated heterocycles. The topological polar surface area (TPSA) is 0 Å². The second-order valence-electron chi connectivity index (χ2n) is 9.67. The Labute approximate surface area is 182 Å². The Morgan fingerprint density at radius 1 is 0.933 bits per heavy atom. The van der Waals surface area contributed by atoms with Crippen molar-refractivity contribution < 1.29 is 4.39 Å². The van der Waals surface area contributed by atoms with Crippen LogP contribution in [-0.4, -0.2) is 0 Å². The van der Waals surface area contributed by atoms with Gasteiger partial charge in [-0.2, -0.15) is 0 Å². The van der Waals surface area contributed by atoms with Crippen LogP contribution in [0.3, 0.4) is 0 Å². The number of benzene rings is 2. The number of hydrogen-bond acceptors (Lipinski definition) is 0. The van der Waals surface area contributed by atoms with E-state index in [2.05, 4.69) is 43.8 Å². The van der Waals surface area contributed by atoms with Crippen molar-refractivity contribution in [2.24, 2.45) is 5.92 Å². The molecule has 0 radical (unpaired) electrons. The van der Waals surface area contributed by atoms with Gasteiger partial charge in [0.1, 0.15) is 5.82 Å². The van der Waals surface area contributed by atoms with Crippen molar-refractivity contribution in [2.75, 3.05) is 0 Å². The zero-order valence-corrected chi connectivity index (χ0v) is 18.6. The van der Waals surface area contributed by atoms with Gasteiger partial charge in [-0.3, -0.25) is 0 Å². The molecule has 0 bridgehead atoms. The number of fused-ring (bicyclic) bond motifs is 1. The predicted molar refractivity (Wildman–Crippen MR) is 127 cm³/mol. The third-order valence-electron chi connectivity index (χ3n) is 7.69. The van der Waals surface area contributed by atoms with Crippen LogP contribution in [0, 0.1) is 11.7 Å². The van der Waals surface area contributed by atoms with E-state index < -0.39 is 0 Å². The normalized spacial score (nSPS) is 23.7. The fourth-order valence-corrected chi connectivity index (χ4v) is 5.76. The summed E-state index contributed by atoms with van der Waals surface area (Å²) >= 11 is 0. The van der Waals surface area contributed by atoms with Gasteiger partial charge in [-0.1, -0.05) is 75.6 Å². The van der Waals surface area contributed by atoms with Gasteiger partial charge in [-0.25, -0.2) is 4.39 Å². The van der Waals surface area contributed by atoms with Crippen molar-refractivity contribution in [3.63, 3.8) is 0 Å². The number of rotatable bonds is 7. The third-order valence-corrected chi connectivity index (χ3v) is 7.69. The molecule has 0 aromatic heterocycles. The van der Waals surface area contributed by atoms with E-state index >= 15 is 4.39 Å². The maximum atomic E-state index is 15.2. The summed E-state index contributed by atoms with van der Waals surface area (Å²) in [7, 11) is 0. The zero-order valence-electron chi connectivity index (χ0n) is 18.6. The number of halogens is 1. The van der Waals surface area contributed by atoms with Gasteiger partial charge in [0.15, 0.2) is 0 Å². The number of aryl methyl sites for hydroxylation is 1. The second kappa shape index (κ2) is 9.94. The van der Waals surface area contributed by atoms with E-state index in [1.807, 2.05) is 12.1 Å². The van der Waals surface area contributed by atoms with E-state index in [4.69, 9.17) is 0 Å². The monoisotopic (exact) mass is 404 g/mol. The molecular formula is C29H37F. The van der Waals surface area contributed by atoms with E-state index in [9.17, 15) is 0 Å². The van der Waals surface area contributed by atoms with Crippen LogP contribution < -0.4 is 0 Å². The average Bonchev–Trinajstić information content (AvgIpc) is 2.79. The van der Waals surface area contributed by atoms with Crippen molar-refractivity contribution in [1.82, 2.24) is 0 Å². The zero-order chi connectivity index (χ0) is 20.9. The lowest BCUT2D eigenvalue weighted by atomic mass is 9.76. The molecule has 30 heavy (non-hydrogen) atoms. The minimum Gasteiger partial charge on any atom is -0.207 e. The molecule has 2 aromatic rings. The summed E-state index contributed by atoms with van der Waals surface area (Å²) < 4.78 is 15.2. The lowest BCUT2D eigenvalue weighted by Gasteiger charge is -2.30. The van der Waals surface area contributed by atoms with Crippen molar-refractivity contribution >= 4 is 6.08 Å². The Kier molecular flexibility index (Phi) is 7.08. The smallest absolute Gasteiger partial charge is 0.126 e. The molecule has 2 aromatic carbocycles. The van der Waals surface area contributed by atoms with Crippen LogP contribution in [0.2, 0.25) is 0 Å². The molecule has 1 atom stereocenters. The Bertz CT molecular complexity index is 857. The maximum absolute atomic E-state index is 15.2. The molecule has 0 nitrogen and oxygen atoms in total. The fraction of sp³-hybridized carbons (Fsp3) is 0.517. The van der Waals surface area contributed by atoms with E-state index in [0.717, 1.165) is 30.7 Å². The van der Waals surface area contributed by atoms with E-state index in [0.29, 0.717) is 11.8 Å². The summed E-state index contributed by atoms with van der Waals surface area (Å²) in [6, 6.07) is 12.8. The van der Waals surface area contributed by atoms with E-state index in [1.165, 1.54) is 73.6 Å². The van der Waals surface area contributed by atoms with Crippen molar-refractivity contribution in [3.8, 4) is 0 Å². The van der Waals surface area contributed by atoms with Gasteiger partial charge >= 0.3 is 0 Å². The molecule has 1 saturated carbocycles. The molecule has 160 valence electrons. The van der Waals surface area contributed by atoms with Gasteiger partial charge < -0.3 is 0 Å². The van der Waals surface area contributed by atoms with Crippen LogP contribution in [0.15, 0.2) is 43.0 Å². The standard InChI is InChI=1S/C29H37F/c1-3-5-6-7-22-9-11-23(12-10-22)26-16-17-28(29(30)20-26)27-15-14-24-18-21(4-2)8-13-25(24)19-27/h4,8,13,16-18,20,22-23,27H,2-3,5-7,9-12,14-15,19H2,1H3. The molecule has 0 spiro atoms. The summed E-state index contributed by atoms with van der Waals surface area (Å²) in [5.41, 5.74) is 6.13. The fourth-order valence-electron chi connectivity index (χ4n) is 5.76. The minimum absolute atomic E-state index is 0.0220. The first kappa shape index (κ1) is 21.3. The number of hydrogen-bond donors (Lipinski definition) is 0. The highest BCUT2D eigenvalue weighted by atomic mass is 19.1. The Morgan fingerprint density at radius 2 is 1.77 bits per heavy atom. The van der Waals surface area contributed by atoms with Gasteiger partial charge in [0.25, 0.3) is 0 Å². The van der Waals surface area contributed by atoms with Gasteiger partial charge in [-0.05, 0) is 96.6 Å². The molecule has 4 rings (SSSR count).